The van der Waals surface area contributed by atoms with Gasteiger partial charge in [0.1, 0.15) is 44.7 Å². The fourth-order valence-corrected chi connectivity index (χ4v) is 4.53. The molecule has 0 saturated heterocycles. The topological polar surface area (TPSA) is 140 Å². The summed E-state index contributed by atoms with van der Waals surface area (Å²) in [5.74, 6) is 2.40. The van der Waals surface area contributed by atoms with Crippen LogP contribution in [0.2, 0.25) is 6.82 Å². The smallest absolute Gasteiger partial charge is 0.337 e. The van der Waals surface area contributed by atoms with E-state index in [1.807, 2.05) is 18.4 Å². The molecule has 7 heterocycles. The van der Waals surface area contributed by atoms with Crippen LogP contribution < -0.4 is 16.3 Å². The molecule has 34 heavy (non-hydrogen) atoms. The minimum absolute atomic E-state index is 0.501. The van der Waals surface area contributed by atoms with Gasteiger partial charge in [0.2, 0.25) is 0 Å². The molecule has 2 N–H and O–H groups in total. The number of hydrogen-bond donors (Lipinski definition) is 2. The Morgan fingerprint density at radius 3 is 1.97 bits per heavy atom. The third-order valence-electron chi connectivity index (χ3n) is 5.80. The summed E-state index contributed by atoms with van der Waals surface area (Å²) < 4.78 is 3.70. The van der Waals surface area contributed by atoms with Crippen molar-refractivity contribution in [3.8, 4) is 0 Å². The molecule has 0 aromatic carbocycles. The van der Waals surface area contributed by atoms with Crippen LogP contribution in [0.1, 0.15) is 0 Å². The summed E-state index contributed by atoms with van der Waals surface area (Å²) in [4.78, 5) is 40.6. The maximum absolute atomic E-state index is 6.69. The summed E-state index contributed by atoms with van der Waals surface area (Å²) >= 11 is 6.69. The molecule has 0 spiro atoms. The Hall–Kier alpha value is -4.39. The molecule has 6 aromatic rings. The van der Waals surface area contributed by atoms with E-state index in [2.05, 4.69) is 40.2 Å². The molecule has 0 fully saturated rings. The fourth-order valence-electron chi connectivity index (χ4n) is 4.34. The molecule has 1 aliphatic heterocycles. The van der Waals surface area contributed by atoms with Gasteiger partial charge in [-0.2, -0.15) is 11.5 Å². The molecule has 7 rings (SSSR count). The Kier molecular flexibility index (Phi) is 3.83. The number of fused-ring (bicyclic) bond motifs is 15. The highest BCUT2D eigenvalue weighted by Gasteiger charge is 2.24. The number of halogens is 1. The Balaban J connectivity index is 1.79. The minimum Gasteiger partial charge on any atom is -0.337 e. The number of nitrogens with one attached hydrogen (secondary N) is 2. The first-order valence-corrected chi connectivity index (χ1v) is 10.9. The molecule has 14 heteroatoms. The maximum atomic E-state index is 6.69. The zero-order valence-electron chi connectivity index (χ0n) is 17.9. The van der Waals surface area contributed by atoms with Gasteiger partial charge in [0.15, 0.2) is 22.6 Å². The van der Waals surface area contributed by atoms with Gasteiger partial charge in [-0.25, -0.2) is 39.9 Å². The highest BCUT2D eigenvalue weighted by molar-refractivity contribution is 7.05. The third-order valence-corrected chi connectivity index (χ3v) is 5.99. The van der Waals surface area contributed by atoms with Crippen molar-refractivity contribution in [2.24, 2.45) is 17.0 Å². The average molecular weight is 469 g/mol. The van der Waals surface area contributed by atoms with E-state index < -0.39 is 6.26 Å². The van der Waals surface area contributed by atoms with Crippen LogP contribution in [0.4, 0.5) is 23.3 Å². The first-order valence-electron chi connectivity index (χ1n) is 10.4. The Bertz CT molecular complexity index is 1900. The van der Waals surface area contributed by atoms with Crippen LogP contribution in [0, 0.1) is 0 Å². The number of hydrogen-bond acceptors (Lipinski definition) is 9. The summed E-state index contributed by atoms with van der Waals surface area (Å²) in [5, 5.41) is 3.41. The predicted octanol–water partition coefficient (Wildman–Crippen LogP) is 2.15. The maximum Gasteiger partial charge on any atom is 0.365 e. The second-order valence-electron chi connectivity index (χ2n) is 7.78. The van der Waals surface area contributed by atoms with E-state index in [1.165, 1.54) is 0 Å². The lowest BCUT2D eigenvalue weighted by Crippen LogP contribution is -2.35. The van der Waals surface area contributed by atoms with Crippen molar-refractivity contribution in [2.75, 3.05) is 5.32 Å². The van der Waals surface area contributed by atoms with Crippen molar-refractivity contribution in [1.29, 1.82) is 0 Å². The first-order chi connectivity index (χ1) is 16.6. The van der Waals surface area contributed by atoms with E-state index in [1.54, 1.807) is 41.7 Å². The van der Waals surface area contributed by atoms with Crippen LogP contribution in [0.15, 0.2) is 47.2 Å². The van der Waals surface area contributed by atoms with Gasteiger partial charge in [-0.3, -0.25) is 0 Å². The Morgan fingerprint density at radius 2 is 1.29 bits per heavy atom. The highest BCUT2D eigenvalue weighted by atomic mass is 35.5. The molecule has 6 bridgehead atoms. The predicted molar refractivity (Wildman–Crippen MR) is 128 cm³/mol. The van der Waals surface area contributed by atoms with Crippen LogP contribution in [0.5, 0.6) is 0 Å². The van der Waals surface area contributed by atoms with E-state index in [0.717, 1.165) is 0 Å². The van der Waals surface area contributed by atoms with Crippen molar-refractivity contribution >= 4 is 74.1 Å². The van der Waals surface area contributed by atoms with Crippen molar-refractivity contribution in [3.05, 3.63) is 48.2 Å². The second-order valence-corrected chi connectivity index (χ2v) is 8.41. The molecule has 0 aliphatic carbocycles. The molecular weight excluding hydrogens is 455 g/mol. The summed E-state index contributed by atoms with van der Waals surface area (Å²) in [6, 6.07) is 0. The van der Waals surface area contributed by atoms with Crippen molar-refractivity contribution in [1.82, 2.24) is 43.9 Å². The summed E-state index contributed by atoms with van der Waals surface area (Å²) in [7, 11) is 1.89. The molecule has 0 radical (unpaired) electrons. The van der Waals surface area contributed by atoms with E-state index in [9.17, 15) is 0 Å². The molecular formula is C20H14BClN12. The average Bonchev–Trinajstić information content (AvgIpc) is 3.45. The van der Waals surface area contributed by atoms with Crippen LogP contribution in [-0.2, 0) is 7.05 Å². The molecule has 164 valence electrons. The van der Waals surface area contributed by atoms with Gasteiger partial charge in [-0.1, -0.05) is 0 Å². The second kappa shape index (κ2) is 6.81. The fraction of sp³-hybridized carbons (Fsp3) is 0.100. The number of anilines is 2. The van der Waals surface area contributed by atoms with Crippen LogP contribution in [-0.4, -0.2) is 50.2 Å². The number of rotatable bonds is 1. The Labute approximate surface area is 195 Å². The van der Waals surface area contributed by atoms with E-state index in [-0.39, 0.29) is 0 Å². The number of aromatic nitrogens is 9. The molecule has 6 aromatic heterocycles. The molecule has 0 unspecified atom stereocenters. The van der Waals surface area contributed by atoms with Gasteiger partial charge in [0, 0.05) is 44.2 Å². The third kappa shape index (κ3) is 2.49. The number of aromatic amines is 1. The number of H-pyrrole nitrogens is 1. The van der Waals surface area contributed by atoms with Crippen LogP contribution in [0.3, 0.4) is 0 Å². The highest BCUT2D eigenvalue weighted by Crippen LogP contribution is 2.36. The lowest BCUT2D eigenvalue weighted by atomic mass is 9.97. The molecule has 0 saturated carbocycles. The van der Waals surface area contributed by atoms with Crippen LogP contribution >= 0.6 is 11.5 Å². The minimum atomic E-state index is -0.501. The summed E-state index contributed by atoms with van der Waals surface area (Å²) in [5.41, 5.74) is 4.67. The van der Waals surface area contributed by atoms with Gasteiger partial charge < -0.3 is 19.3 Å². The van der Waals surface area contributed by atoms with E-state index in [4.69, 9.17) is 21.4 Å². The number of nitrogens with zero attached hydrogens (tertiary/aromatic N) is 10. The lowest BCUT2D eigenvalue weighted by molar-refractivity contribution is 0.912. The molecule has 12 nitrogen and oxygen atoms in total. The van der Waals surface area contributed by atoms with Gasteiger partial charge in [-0.15, -0.1) is 0 Å². The molecule has 0 atom stereocenters. The quantitative estimate of drug-likeness (QED) is 0.352. The molecule has 0 amide bonds. The van der Waals surface area contributed by atoms with Crippen molar-refractivity contribution in [3.63, 3.8) is 0 Å². The Morgan fingerprint density at radius 1 is 0.735 bits per heavy atom. The van der Waals surface area contributed by atoms with Crippen LogP contribution in [0.25, 0.3) is 33.1 Å². The lowest BCUT2D eigenvalue weighted by Gasteiger charge is -2.08. The van der Waals surface area contributed by atoms with Gasteiger partial charge in [-0.05, 0) is 6.82 Å². The van der Waals surface area contributed by atoms with Crippen molar-refractivity contribution < 1.29 is 0 Å². The monoisotopic (exact) mass is 468 g/mol. The zero-order chi connectivity index (χ0) is 23.0. The first kappa shape index (κ1) is 19.1. The van der Waals surface area contributed by atoms with Gasteiger partial charge in [0.05, 0.1) is 0 Å². The normalized spacial score (nSPS) is 12.7. The standard InChI is InChI=1S/C20H14BClN12/c1-21(22)34-19-13-14(28-8-7-27-13)20(34)32-18-12-11(25-5-6-26-12)17(33(18)2)30-15-9-10(16(29-15)31-19)24-4-3-23-9/h3-8,29-30H,1-2H3. The summed E-state index contributed by atoms with van der Waals surface area (Å²) in [6.45, 7) is 1.85. The summed E-state index contributed by atoms with van der Waals surface area (Å²) in [6.07, 6.45) is 9.28. The van der Waals surface area contributed by atoms with Crippen molar-refractivity contribution in [2.45, 2.75) is 6.82 Å². The van der Waals surface area contributed by atoms with E-state index in [0.29, 0.717) is 67.3 Å². The van der Waals surface area contributed by atoms with E-state index >= 15 is 0 Å². The van der Waals surface area contributed by atoms with Gasteiger partial charge in [0.25, 0.3) is 0 Å². The largest absolute Gasteiger partial charge is 0.365 e. The molecule has 1 aliphatic rings. The SMILES string of the molecule is CB(Cl)n1c2c3nccnc3c1=Nc1c3nccnc3c(n1C)Nc1[nH]c(c3nccnc13)N=2. The zero-order valence-corrected chi connectivity index (χ0v) is 18.6. The van der Waals surface area contributed by atoms with Gasteiger partial charge >= 0.3 is 6.26 Å².